The second-order valence-electron chi connectivity index (χ2n) is 10.5. The first kappa shape index (κ1) is 23.3. The first-order valence-corrected chi connectivity index (χ1v) is 11.7. The van der Waals surface area contributed by atoms with Gasteiger partial charge in [-0.1, -0.05) is 13.8 Å². The van der Waals surface area contributed by atoms with Crippen molar-refractivity contribution in [3.63, 3.8) is 0 Å². The maximum absolute atomic E-state index is 12.9. The molecule has 2 amide bonds. The van der Waals surface area contributed by atoms with Crippen molar-refractivity contribution in [3.8, 4) is 0 Å². The Morgan fingerprint density at radius 2 is 1.83 bits per heavy atom. The normalized spacial score (nSPS) is 39.0. The van der Waals surface area contributed by atoms with Gasteiger partial charge < -0.3 is 25.2 Å². The molecule has 1 unspecified atom stereocenters. The first-order chi connectivity index (χ1) is 14.1. The molecule has 3 aliphatic rings. The molecule has 0 spiro atoms. The van der Waals surface area contributed by atoms with Crippen LogP contribution in [0, 0.1) is 22.7 Å². The van der Waals surface area contributed by atoms with Crippen LogP contribution in [0.1, 0.15) is 72.6 Å². The summed E-state index contributed by atoms with van der Waals surface area (Å²) in [6, 6.07) is -0.0162. The minimum Gasteiger partial charge on any atom is -0.446 e. The molecule has 0 radical (unpaired) electrons. The van der Waals surface area contributed by atoms with Crippen molar-refractivity contribution in [2.75, 3.05) is 19.7 Å². The number of aliphatic hydroxyl groups is 2. The third-order valence-electron chi connectivity index (χ3n) is 8.19. The molecule has 3 rings (SSSR count). The predicted molar refractivity (Wildman–Crippen MR) is 114 cm³/mol. The minimum atomic E-state index is -0.601. The van der Waals surface area contributed by atoms with E-state index in [2.05, 4.69) is 12.2 Å². The van der Waals surface area contributed by atoms with Gasteiger partial charge in [-0.3, -0.25) is 4.79 Å². The van der Waals surface area contributed by atoms with Crippen LogP contribution in [0.2, 0.25) is 0 Å². The van der Waals surface area contributed by atoms with E-state index in [9.17, 15) is 19.8 Å². The Morgan fingerprint density at radius 3 is 2.43 bits per heavy atom. The summed E-state index contributed by atoms with van der Waals surface area (Å²) in [6.07, 6.45) is 3.88. The van der Waals surface area contributed by atoms with Crippen molar-refractivity contribution in [2.45, 2.75) is 90.9 Å². The number of amides is 2. The molecular formula is C23H40N2O5. The largest absolute Gasteiger partial charge is 0.446 e. The Kier molecular flexibility index (Phi) is 7.02. The van der Waals surface area contributed by atoms with Crippen LogP contribution >= 0.6 is 0 Å². The number of rotatable bonds is 5. The predicted octanol–water partition coefficient (Wildman–Crippen LogP) is 2.69. The lowest BCUT2D eigenvalue weighted by Gasteiger charge is -2.60. The number of likely N-dealkylation sites (tertiary alicyclic amines) is 1. The molecule has 7 nitrogen and oxygen atoms in total. The van der Waals surface area contributed by atoms with Crippen molar-refractivity contribution in [2.24, 2.45) is 22.7 Å². The van der Waals surface area contributed by atoms with Crippen molar-refractivity contribution in [1.82, 2.24) is 10.2 Å². The zero-order valence-corrected chi connectivity index (χ0v) is 19.0. The molecule has 30 heavy (non-hydrogen) atoms. The summed E-state index contributed by atoms with van der Waals surface area (Å²) in [5, 5.41) is 24.1. The smallest absolute Gasteiger partial charge is 0.407 e. The summed E-state index contributed by atoms with van der Waals surface area (Å²) in [6.45, 7) is 9.48. The fourth-order valence-electron chi connectivity index (χ4n) is 6.46. The fraction of sp³-hybridized carbons (Fsp3) is 0.913. The first-order valence-electron chi connectivity index (χ1n) is 11.7. The standard InChI is InChI=1S/C23H40N2O5/c1-15(2)24-21(29)30-19-9-10-22(3)16(13-20(28)25-11-5-6-12-25)17(27)7-8-18(22)23(19,4)14-26/h15-19,26-27H,5-14H2,1-4H3,(H,24,29)/t16-,17-,18?,19-,22+,23+/m1/s1. The number of carbonyl (C=O) groups is 2. The lowest BCUT2D eigenvalue weighted by molar-refractivity contribution is -0.187. The molecule has 0 aromatic rings. The molecule has 0 aromatic heterocycles. The van der Waals surface area contributed by atoms with Gasteiger partial charge in [-0.2, -0.15) is 0 Å². The second-order valence-corrected chi connectivity index (χ2v) is 10.5. The third-order valence-corrected chi connectivity index (χ3v) is 8.19. The SMILES string of the molecule is CC(C)NC(=O)O[C@@H]1CC[C@]2(C)C(CC[C@@H](O)[C@H]2CC(=O)N2CCCC2)[C@]1(C)CO. The van der Waals surface area contributed by atoms with Gasteiger partial charge in [0, 0.05) is 31.0 Å². The van der Waals surface area contributed by atoms with Crippen molar-refractivity contribution < 1.29 is 24.5 Å². The summed E-state index contributed by atoms with van der Waals surface area (Å²) in [7, 11) is 0. The van der Waals surface area contributed by atoms with Crippen LogP contribution in [0.15, 0.2) is 0 Å². The van der Waals surface area contributed by atoms with Gasteiger partial charge >= 0.3 is 6.09 Å². The maximum Gasteiger partial charge on any atom is 0.407 e. The number of hydrogen-bond acceptors (Lipinski definition) is 5. The van der Waals surface area contributed by atoms with E-state index in [-0.39, 0.29) is 41.9 Å². The number of nitrogens with zero attached hydrogens (tertiary/aromatic N) is 1. The third kappa shape index (κ3) is 4.33. The Balaban J connectivity index is 1.80. The van der Waals surface area contributed by atoms with E-state index in [1.807, 2.05) is 25.7 Å². The zero-order valence-electron chi connectivity index (χ0n) is 19.0. The van der Waals surface area contributed by atoms with Gasteiger partial charge in [-0.15, -0.1) is 0 Å². The van der Waals surface area contributed by atoms with E-state index >= 15 is 0 Å². The van der Waals surface area contributed by atoms with Gasteiger partial charge in [0.25, 0.3) is 0 Å². The topological polar surface area (TPSA) is 99.1 Å². The van der Waals surface area contributed by atoms with E-state index in [0.717, 1.165) is 38.8 Å². The highest BCUT2D eigenvalue weighted by atomic mass is 16.6. The maximum atomic E-state index is 12.9. The molecule has 1 aliphatic heterocycles. The number of nitrogens with one attached hydrogen (secondary N) is 1. The fourth-order valence-corrected chi connectivity index (χ4v) is 6.46. The lowest BCUT2D eigenvalue weighted by Crippen LogP contribution is -2.61. The lowest BCUT2D eigenvalue weighted by atomic mass is 9.46. The highest BCUT2D eigenvalue weighted by Crippen LogP contribution is 2.61. The molecule has 3 fully saturated rings. The highest BCUT2D eigenvalue weighted by molar-refractivity contribution is 5.77. The molecule has 1 heterocycles. The second kappa shape index (κ2) is 9.03. The van der Waals surface area contributed by atoms with Gasteiger partial charge in [0.15, 0.2) is 0 Å². The van der Waals surface area contributed by atoms with Crippen molar-refractivity contribution in [1.29, 1.82) is 0 Å². The summed E-state index contributed by atoms with van der Waals surface area (Å²) >= 11 is 0. The van der Waals surface area contributed by atoms with Crippen LogP contribution in [0.4, 0.5) is 4.79 Å². The molecule has 2 saturated carbocycles. The summed E-state index contributed by atoms with van der Waals surface area (Å²) in [5.74, 6) is 0.0693. The molecule has 3 N–H and O–H groups in total. The van der Waals surface area contributed by atoms with Crippen LogP contribution in [-0.2, 0) is 9.53 Å². The highest BCUT2D eigenvalue weighted by Gasteiger charge is 2.60. The summed E-state index contributed by atoms with van der Waals surface area (Å²) in [5.41, 5.74) is -0.880. The minimum absolute atomic E-state index is 0.0162. The van der Waals surface area contributed by atoms with Crippen LogP contribution < -0.4 is 5.32 Å². The molecule has 0 aromatic carbocycles. The van der Waals surface area contributed by atoms with Crippen LogP contribution in [-0.4, -0.2) is 65.1 Å². The average Bonchev–Trinajstić information content (AvgIpc) is 3.21. The van der Waals surface area contributed by atoms with Crippen molar-refractivity contribution >= 4 is 12.0 Å². The molecule has 1 saturated heterocycles. The molecule has 6 atom stereocenters. The number of aliphatic hydroxyl groups excluding tert-OH is 2. The van der Waals surface area contributed by atoms with E-state index in [1.54, 1.807) is 0 Å². The number of alkyl carbamates (subject to hydrolysis) is 1. The van der Waals surface area contributed by atoms with E-state index in [0.29, 0.717) is 19.3 Å². The van der Waals surface area contributed by atoms with Gasteiger partial charge in [-0.25, -0.2) is 4.79 Å². The molecule has 0 bridgehead atoms. The van der Waals surface area contributed by atoms with Crippen LogP contribution in [0.5, 0.6) is 0 Å². The van der Waals surface area contributed by atoms with Gasteiger partial charge in [0.1, 0.15) is 6.10 Å². The van der Waals surface area contributed by atoms with Gasteiger partial charge in [-0.05, 0) is 69.6 Å². The van der Waals surface area contributed by atoms with Crippen LogP contribution in [0.3, 0.4) is 0 Å². The number of ether oxygens (including phenoxy) is 1. The number of hydrogen-bond donors (Lipinski definition) is 3. The van der Waals surface area contributed by atoms with Gasteiger partial charge in [0.2, 0.25) is 5.91 Å². The molecule has 2 aliphatic carbocycles. The van der Waals surface area contributed by atoms with Gasteiger partial charge in [0.05, 0.1) is 12.7 Å². The quantitative estimate of drug-likeness (QED) is 0.630. The van der Waals surface area contributed by atoms with Crippen LogP contribution in [0.25, 0.3) is 0 Å². The molecule has 172 valence electrons. The van der Waals surface area contributed by atoms with E-state index < -0.39 is 17.6 Å². The summed E-state index contributed by atoms with van der Waals surface area (Å²) in [4.78, 5) is 27.1. The average molecular weight is 425 g/mol. The van der Waals surface area contributed by atoms with E-state index in [4.69, 9.17) is 4.74 Å². The molecular weight excluding hydrogens is 384 g/mol. The van der Waals surface area contributed by atoms with Crippen molar-refractivity contribution in [3.05, 3.63) is 0 Å². The monoisotopic (exact) mass is 424 g/mol. The number of fused-ring (bicyclic) bond motifs is 1. The Labute approximate surface area is 180 Å². The molecule has 7 heteroatoms. The Bertz CT molecular complexity index is 635. The summed E-state index contributed by atoms with van der Waals surface area (Å²) < 4.78 is 5.78. The van der Waals surface area contributed by atoms with E-state index in [1.165, 1.54) is 0 Å². The Morgan fingerprint density at radius 1 is 1.17 bits per heavy atom. The zero-order chi connectivity index (χ0) is 22.1. The number of carbonyl (C=O) groups excluding carboxylic acids is 2. The Hall–Kier alpha value is -1.34.